The number of nitrogens with one attached hydrogen (secondary N) is 1. The monoisotopic (exact) mass is 469 g/mol. The van der Waals surface area contributed by atoms with Crippen LogP contribution in [0, 0.1) is 6.92 Å². The minimum Gasteiger partial charge on any atom is -0.457 e. The van der Waals surface area contributed by atoms with Gasteiger partial charge in [0.1, 0.15) is 11.5 Å². The highest BCUT2D eigenvalue weighted by atomic mass is 32.1. The Kier molecular flexibility index (Phi) is 7.15. The van der Waals surface area contributed by atoms with Gasteiger partial charge in [0.2, 0.25) is 11.8 Å². The molecule has 34 heavy (non-hydrogen) atoms. The molecule has 0 saturated carbocycles. The Morgan fingerprint density at radius 2 is 1.74 bits per heavy atom. The van der Waals surface area contributed by atoms with Gasteiger partial charge in [0.05, 0.1) is 11.4 Å². The van der Waals surface area contributed by atoms with Crippen LogP contribution in [0.4, 0.5) is 16.5 Å². The highest BCUT2D eigenvalue weighted by molar-refractivity contribution is 7.14. The molecule has 0 fully saturated rings. The van der Waals surface area contributed by atoms with Crippen LogP contribution < -0.4 is 15.0 Å². The number of aromatic nitrogens is 1. The third-order valence-corrected chi connectivity index (χ3v) is 5.63. The average molecular weight is 470 g/mol. The van der Waals surface area contributed by atoms with Gasteiger partial charge in [0.25, 0.3) is 0 Å². The minimum atomic E-state index is -0.284. The number of thiazole rings is 1. The van der Waals surface area contributed by atoms with Crippen molar-refractivity contribution in [3.05, 3.63) is 102 Å². The lowest BCUT2D eigenvalue weighted by atomic mass is 10.2. The van der Waals surface area contributed by atoms with Gasteiger partial charge < -0.3 is 10.1 Å². The Hall–Kier alpha value is -4.23. The van der Waals surface area contributed by atoms with E-state index in [4.69, 9.17) is 4.74 Å². The molecule has 170 valence electrons. The van der Waals surface area contributed by atoms with Gasteiger partial charge in [-0.2, -0.15) is 0 Å². The fourth-order valence-corrected chi connectivity index (χ4v) is 4.08. The van der Waals surface area contributed by atoms with E-state index in [0.717, 1.165) is 17.0 Å². The number of amides is 2. The van der Waals surface area contributed by atoms with E-state index in [9.17, 15) is 9.59 Å². The van der Waals surface area contributed by atoms with Crippen molar-refractivity contribution < 1.29 is 14.3 Å². The predicted octanol–water partition coefficient (Wildman–Crippen LogP) is 6.58. The van der Waals surface area contributed by atoms with Crippen LogP contribution in [-0.2, 0) is 9.59 Å². The number of carbonyl (C=O) groups excluding carboxylic acids is 2. The van der Waals surface area contributed by atoms with Gasteiger partial charge in [-0.15, -0.1) is 11.3 Å². The highest BCUT2D eigenvalue weighted by Gasteiger charge is 2.17. The van der Waals surface area contributed by atoms with Crippen molar-refractivity contribution in [3.8, 4) is 11.5 Å². The maximum Gasteiger partial charge on any atom is 0.248 e. The van der Waals surface area contributed by atoms with E-state index in [-0.39, 0.29) is 11.8 Å². The summed E-state index contributed by atoms with van der Waals surface area (Å²) in [6.07, 6.45) is 3.03. The molecule has 0 radical (unpaired) electrons. The summed E-state index contributed by atoms with van der Waals surface area (Å²) in [5, 5.41) is 5.16. The van der Waals surface area contributed by atoms with E-state index in [1.165, 1.54) is 24.3 Å². The number of rotatable bonds is 7. The summed E-state index contributed by atoms with van der Waals surface area (Å²) < 4.78 is 5.83. The second-order valence-electron chi connectivity index (χ2n) is 7.51. The third-order valence-electron chi connectivity index (χ3n) is 4.78. The number of hydrogen-bond donors (Lipinski definition) is 1. The number of carbonyl (C=O) groups is 2. The molecule has 0 spiro atoms. The molecular formula is C27H23N3O3S. The van der Waals surface area contributed by atoms with Crippen LogP contribution in [0.5, 0.6) is 11.5 Å². The number of anilines is 3. The molecule has 0 atom stereocenters. The van der Waals surface area contributed by atoms with Crippen molar-refractivity contribution >= 4 is 45.7 Å². The maximum absolute atomic E-state index is 12.4. The summed E-state index contributed by atoms with van der Waals surface area (Å²) in [6, 6.07) is 24.3. The van der Waals surface area contributed by atoms with Gasteiger partial charge in [-0.1, -0.05) is 30.3 Å². The molecule has 1 heterocycles. The van der Waals surface area contributed by atoms with Gasteiger partial charge in [-0.05, 0) is 67.1 Å². The molecule has 2 amide bonds. The molecule has 0 saturated heterocycles. The second-order valence-corrected chi connectivity index (χ2v) is 8.35. The zero-order valence-corrected chi connectivity index (χ0v) is 19.6. The SMILES string of the molecule is CC(=O)N(c1ccccc1)c1nc(/C=C/C(=O)Nc2ccc(Oc3cccc(C)c3)cc2)cs1. The van der Waals surface area contributed by atoms with E-state index in [0.29, 0.717) is 22.3 Å². The second kappa shape index (κ2) is 10.6. The molecule has 0 bridgehead atoms. The van der Waals surface area contributed by atoms with Gasteiger partial charge in [-0.25, -0.2) is 4.98 Å². The van der Waals surface area contributed by atoms with Crippen molar-refractivity contribution in [2.75, 3.05) is 10.2 Å². The molecule has 1 N–H and O–H groups in total. The number of ether oxygens (including phenoxy) is 1. The lowest BCUT2D eigenvalue weighted by molar-refractivity contribution is -0.116. The van der Waals surface area contributed by atoms with Crippen LogP contribution in [0.2, 0.25) is 0 Å². The molecule has 6 nitrogen and oxygen atoms in total. The number of nitrogens with zero attached hydrogens (tertiary/aromatic N) is 2. The molecule has 0 aliphatic carbocycles. The normalized spacial score (nSPS) is 10.8. The molecule has 0 unspecified atom stereocenters. The van der Waals surface area contributed by atoms with Crippen molar-refractivity contribution in [3.63, 3.8) is 0 Å². The van der Waals surface area contributed by atoms with Crippen molar-refractivity contribution in [1.82, 2.24) is 4.98 Å². The van der Waals surface area contributed by atoms with Crippen LogP contribution in [0.1, 0.15) is 18.2 Å². The van der Waals surface area contributed by atoms with Crippen LogP contribution >= 0.6 is 11.3 Å². The summed E-state index contributed by atoms with van der Waals surface area (Å²) in [5.74, 6) is 1.03. The summed E-state index contributed by atoms with van der Waals surface area (Å²) in [5.41, 5.74) is 3.11. The summed E-state index contributed by atoms with van der Waals surface area (Å²) >= 11 is 1.34. The topological polar surface area (TPSA) is 71.5 Å². The summed E-state index contributed by atoms with van der Waals surface area (Å²) in [4.78, 5) is 30.5. The van der Waals surface area contributed by atoms with Crippen molar-refractivity contribution in [1.29, 1.82) is 0 Å². The first-order valence-electron chi connectivity index (χ1n) is 10.6. The first-order chi connectivity index (χ1) is 16.5. The standard InChI is InChI=1S/C27H23N3O3S/c1-19-7-6-10-25(17-19)33-24-14-11-21(12-15-24)28-26(32)16-13-22-18-34-27(29-22)30(20(2)31)23-8-4-3-5-9-23/h3-18H,1-2H3,(H,28,32)/b16-13+. The molecule has 3 aromatic carbocycles. The summed E-state index contributed by atoms with van der Waals surface area (Å²) in [6.45, 7) is 3.50. The minimum absolute atomic E-state index is 0.136. The van der Waals surface area contributed by atoms with Crippen LogP contribution in [0.3, 0.4) is 0 Å². The molecule has 7 heteroatoms. The molecule has 0 aliphatic rings. The van der Waals surface area contributed by atoms with Crippen LogP contribution in [0.25, 0.3) is 6.08 Å². The predicted molar refractivity (Wildman–Crippen MR) is 137 cm³/mol. The van der Waals surface area contributed by atoms with E-state index in [1.54, 1.807) is 40.6 Å². The lowest BCUT2D eigenvalue weighted by Gasteiger charge is -2.17. The molecule has 4 rings (SSSR count). The molecule has 4 aromatic rings. The van der Waals surface area contributed by atoms with Gasteiger partial charge in [0, 0.05) is 24.1 Å². The molecule has 0 aliphatic heterocycles. The fraction of sp³-hybridized carbons (Fsp3) is 0.0741. The van der Waals surface area contributed by atoms with E-state index >= 15 is 0 Å². The van der Waals surface area contributed by atoms with Crippen LogP contribution in [-0.4, -0.2) is 16.8 Å². The van der Waals surface area contributed by atoms with Crippen molar-refractivity contribution in [2.24, 2.45) is 0 Å². The summed E-state index contributed by atoms with van der Waals surface area (Å²) in [7, 11) is 0. The van der Waals surface area contributed by atoms with E-state index < -0.39 is 0 Å². The number of hydrogen-bond acceptors (Lipinski definition) is 5. The Bertz CT molecular complexity index is 1310. The highest BCUT2D eigenvalue weighted by Crippen LogP contribution is 2.29. The van der Waals surface area contributed by atoms with Gasteiger partial charge >= 0.3 is 0 Å². The quantitative estimate of drug-likeness (QED) is 0.310. The Morgan fingerprint density at radius 1 is 0.971 bits per heavy atom. The molecular weight excluding hydrogens is 446 g/mol. The van der Waals surface area contributed by atoms with E-state index in [2.05, 4.69) is 10.3 Å². The zero-order chi connectivity index (χ0) is 23.9. The van der Waals surface area contributed by atoms with Gasteiger partial charge in [-0.3, -0.25) is 14.5 Å². The zero-order valence-electron chi connectivity index (χ0n) is 18.8. The largest absolute Gasteiger partial charge is 0.457 e. The first-order valence-corrected chi connectivity index (χ1v) is 11.5. The Morgan fingerprint density at radius 3 is 2.44 bits per heavy atom. The smallest absolute Gasteiger partial charge is 0.248 e. The average Bonchev–Trinajstić information content (AvgIpc) is 3.28. The van der Waals surface area contributed by atoms with Crippen molar-refractivity contribution in [2.45, 2.75) is 13.8 Å². The third kappa shape index (κ3) is 5.96. The van der Waals surface area contributed by atoms with E-state index in [1.807, 2.05) is 61.5 Å². The Labute approximate surface area is 202 Å². The molecule has 1 aromatic heterocycles. The lowest BCUT2D eigenvalue weighted by Crippen LogP contribution is -2.22. The number of para-hydroxylation sites is 1. The first kappa shape index (κ1) is 22.9. The Balaban J connectivity index is 1.37. The van der Waals surface area contributed by atoms with Crippen LogP contribution in [0.15, 0.2) is 90.3 Å². The van der Waals surface area contributed by atoms with Gasteiger partial charge in [0.15, 0.2) is 5.13 Å². The number of aryl methyl sites for hydroxylation is 1. The maximum atomic E-state index is 12.4. The fourth-order valence-electron chi connectivity index (χ4n) is 3.23. The number of benzene rings is 3.